The maximum Gasteiger partial charge on any atom is 0.199 e. The third kappa shape index (κ3) is 5.32. The summed E-state index contributed by atoms with van der Waals surface area (Å²) in [6.07, 6.45) is -0.221. The molecule has 0 aromatic heterocycles. The standard InChI is InChI=1S/C22H30O2SSi/c1-17(21(23)25-19-15-11-8-12-16-19)20(18-13-9-7-10-14-18)24-26(5,6)22(2,3)4/h7-17,20H,1-6H3/t17?,20-/m1/s1. The van der Waals surface area contributed by atoms with E-state index < -0.39 is 8.32 Å². The first-order valence-electron chi connectivity index (χ1n) is 9.11. The quantitative estimate of drug-likeness (QED) is 0.408. The van der Waals surface area contributed by atoms with E-state index in [1.165, 1.54) is 11.8 Å². The Hall–Kier alpha value is -1.36. The van der Waals surface area contributed by atoms with Gasteiger partial charge in [0, 0.05) is 4.90 Å². The summed E-state index contributed by atoms with van der Waals surface area (Å²) < 4.78 is 6.71. The molecule has 0 aliphatic heterocycles. The smallest absolute Gasteiger partial charge is 0.199 e. The van der Waals surface area contributed by atoms with Crippen molar-refractivity contribution in [3.63, 3.8) is 0 Å². The molecule has 4 heteroatoms. The van der Waals surface area contributed by atoms with E-state index in [4.69, 9.17) is 4.43 Å². The van der Waals surface area contributed by atoms with E-state index in [2.05, 4.69) is 46.0 Å². The van der Waals surface area contributed by atoms with E-state index >= 15 is 0 Å². The Morgan fingerprint density at radius 1 is 0.962 bits per heavy atom. The Kier molecular flexibility index (Phi) is 6.89. The summed E-state index contributed by atoms with van der Waals surface area (Å²) in [5.74, 6) is -0.225. The molecule has 1 unspecified atom stereocenters. The van der Waals surface area contributed by atoms with E-state index in [1.807, 2.05) is 55.5 Å². The number of hydrogen-bond acceptors (Lipinski definition) is 3. The van der Waals surface area contributed by atoms with Gasteiger partial charge in [-0.05, 0) is 35.8 Å². The summed E-state index contributed by atoms with van der Waals surface area (Å²) in [7, 11) is -2.01. The van der Waals surface area contributed by atoms with Gasteiger partial charge in [0.25, 0.3) is 0 Å². The second kappa shape index (κ2) is 8.55. The van der Waals surface area contributed by atoms with Gasteiger partial charge in [-0.3, -0.25) is 4.79 Å². The third-order valence-corrected chi connectivity index (χ3v) is 10.7. The average Bonchev–Trinajstić information content (AvgIpc) is 2.59. The molecule has 0 aliphatic rings. The molecule has 2 atom stereocenters. The highest BCUT2D eigenvalue weighted by molar-refractivity contribution is 8.13. The molecule has 0 spiro atoms. The number of carbonyl (C=O) groups excluding carboxylic acids is 1. The molecule has 2 aromatic rings. The molecule has 26 heavy (non-hydrogen) atoms. The number of benzene rings is 2. The predicted octanol–water partition coefficient (Wildman–Crippen LogP) is 6.70. The van der Waals surface area contributed by atoms with Crippen molar-refractivity contribution in [3.05, 3.63) is 66.2 Å². The summed E-state index contributed by atoms with van der Waals surface area (Å²) in [5, 5.41) is 0.235. The van der Waals surface area contributed by atoms with Gasteiger partial charge in [0.05, 0.1) is 12.0 Å². The Morgan fingerprint density at radius 3 is 1.96 bits per heavy atom. The van der Waals surface area contributed by atoms with E-state index in [0.29, 0.717) is 0 Å². The summed E-state index contributed by atoms with van der Waals surface area (Å²) in [6.45, 7) is 13.2. The monoisotopic (exact) mass is 386 g/mol. The van der Waals surface area contributed by atoms with Crippen LogP contribution in [0, 0.1) is 5.92 Å². The van der Waals surface area contributed by atoms with Crippen LogP contribution >= 0.6 is 11.8 Å². The van der Waals surface area contributed by atoms with E-state index in [-0.39, 0.29) is 22.2 Å². The van der Waals surface area contributed by atoms with Gasteiger partial charge in [-0.15, -0.1) is 0 Å². The SMILES string of the molecule is CC(C(=O)Sc1ccccc1)[C@@H](O[Si](C)(C)C(C)(C)C)c1ccccc1. The van der Waals surface area contributed by atoms with Gasteiger partial charge < -0.3 is 4.43 Å². The van der Waals surface area contributed by atoms with Crippen LogP contribution in [0.15, 0.2) is 65.6 Å². The minimum Gasteiger partial charge on any atom is -0.409 e. The first kappa shape index (κ1) is 20.9. The first-order valence-corrected chi connectivity index (χ1v) is 12.8. The van der Waals surface area contributed by atoms with Crippen molar-refractivity contribution in [2.24, 2.45) is 5.92 Å². The van der Waals surface area contributed by atoms with E-state index in [0.717, 1.165) is 10.5 Å². The lowest BCUT2D eigenvalue weighted by Gasteiger charge is -2.40. The molecule has 0 amide bonds. The van der Waals surface area contributed by atoms with Crippen molar-refractivity contribution in [3.8, 4) is 0 Å². The molecular formula is C22H30O2SSi. The van der Waals surface area contributed by atoms with Gasteiger partial charge in [0.15, 0.2) is 13.4 Å². The molecule has 2 rings (SSSR count). The van der Waals surface area contributed by atoms with Gasteiger partial charge in [0.2, 0.25) is 0 Å². The van der Waals surface area contributed by atoms with Gasteiger partial charge in [-0.1, -0.05) is 88.0 Å². The predicted molar refractivity (Wildman–Crippen MR) is 114 cm³/mol. The van der Waals surface area contributed by atoms with E-state index in [9.17, 15) is 4.79 Å². The van der Waals surface area contributed by atoms with Crippen molar-refractivity contribution >= 4 is 25.2 Å². The fraction of sp³-hybridized carbons (Fsp3) is 0.409. The Labute approximate surface area is 163 Å². The summed E-state index contributed by atoms with van der Waals surface area (Å²) in [5.41, 5.74) is 1.08. The second-order valence-electron chi connectivity index (χ2n) is 8.23. The van der Waals surface area contributed by atoms with Crippen LogP contribution in [0.2, 0.25) is 18.1 Å². The maximum absolute atomic E-state index is 13.0. The molecular weight excluding hydrogens is 356 g/mol. The van der Waals surface area contributed by atoms with Gasteiger partial charge >= 0.3 is 0 Å². The largest absolute Gasteiger partial charge is 0.409 e. The van der Waals surface area contributed by atoms with Crippen LogP contribution < -0.4 is 0 Å². The van der Waals surface area contributed by atoms with Crippen LogP contribution in [0.5, 0.6) is 0 Å². The van der Waals surface area contributed by atoms with Crippen LogP contribution in [0.3, 0.4) is 0 Å². The van der Waals surface area contributed by atoms with Crippen LogP contribution in [-0.4, -0.2) is 13.4 Å². The summed E-state index contributed by atoms with van der Waals surface area (Å²) in [6, 6.07) is 20.0. The molecule has 0 saturated heterocycles. The molecule has 0 N–H and O–H groups in total. The number of carbonyl (C=O) groups is 1. The van der Waals surface area contributed by atoms with Crippen LogP contribution in [0.25, 0.3) is 0 Å². The minimum atomic E-state index is -2.01. The molecule has 2 nitrogen and oxygen atoms in total. The topological polar surface area (TPSA) is 26.3 Å². The molecule has 0 fully saturated rings. The zero-order chi connectivity index (χ0) is 19.4. The van der Waals surface area contributed by atoms with E-state index in [1.54, 1.807) is 0 Å². The molecule has 140 valence electrons. The molecule has 0 saturated carbocycles. The minimum absolute atomic E-state index is 0.0926. The summed E-state index contributed by atoms with van der Waals surface area (Å²) >= 11 is 1.30. The van der Waals surface area contributed by atoms with Crippen molar-refractivity contribution in [2.75, 3.05) is 0 Å². The van der Waals surface area contributed by atoms with Crippen LogP contribution in [-0.2, 0) is 9.22 Å². The number of rotatable bonds is 6. The Bertz CT molecular complexity index is 708. The number of hydrogen-bond donors (Lipinski definition) is 0. The van der Waals surface area contributed by atoms with Gasteiger partial charge in [-0.25, -0.2) is 0 Å². The van der Waals surface area contributed by atoms with Crippen molar-refractivity contribution < 1.29 is 9.22 Å². The lowest BCUT2D eigenvalue weighted by atomic mass is 9.99. The second-order valence-corrected chi connectivity index (χ2v) is 14.1. The number of thioether (sulfide) groups is 1. The Balaban J connectivity index is 2.27. The lowest BCUT2D eigenvalue weighted by molar-refractivity contribution is -0.116. The normalized spacial score (nSPS) is 14.7. The summed E-state index contributed by atoms with van der Waals surface area (Å²) in [4.78, 5) is 13.9. The van der Waals surface area contributed by atoms with Crippen molar-refractivity contribution in [1.82, 2.24) is 0 Å². The van der Waals surface area contributed by atoms with Gasteiger partial charge in [-0.2, -0.15) is 0 Å². The fourth-order valence-electron chi connectivity index (χ4n) is 2.42. The van der Waals surface area contributed by atoms with Crippen LogP contribution in [0.1, 0.15) is 39.4 Å². The molecule has 0 bridgehead atoms. The third-order valence-electron chi connectivity index (χ3n) is 5.14. The molecule has 0 radical (unpaired) electrons. The zero-order valence-corrected chi connectivity index (χ0v) is 18.5. The molecule has 0 heterocycles. The zero-order valence-electron chi connectivity index (χ0n) is 16.7. The highest BCUT2D eigenvalue weighted by Gasteiger charge is 2.41. The first-order chi connectivity index (χ1) is 12.1. The molecule has 0 aliphatic carbocycles. The Morgan fingerprint density at radius 2 is 1.46 bits per heavy atom. The van der Waals surface area contributed by atoms with Crippen LogP contribution in [0.4, 0.5) is 0 Å². The fourth-order valence-corrected chi connectivity index (χ4v) is 4.58. The van der Waals surface area contributed by atoms with Crippen molar-refractivity contribution in [2.45, 2.75) is 56.8 Å². The lowest BCUT2D eigenvalue weighted by Crippen LogP contribution is -2.43. The molecule has 2 aromatic carbocycles. The highest BCUT2D eigenvalue weighted by atomic mass is 32.2. The average molecular weight is 387 g/mol. The van der Waals surface area contributed by atoms with Gasteiger partial charge in [0.1, 0.15) is 0 Å². The van der Waals surface area contributed by atoms with Crippen molar-refractivity contribution in [1.29, 1.82) is 0 Å². The maximum atomic E-state index is 13.0. The highest BCUT2D eigenvalue weighted by Crippen LogP contribution is 2.42.